The summed E-state index contributed by atoms with van der Waals surface area (Å²) < 4.78 is 5.02. The number of ether oxygens (including phenoxy) is 1. The van der Waals surface area contributed by atoms with E-state index in [4.69, 9.17) is 4.74 Å². The Morgan fingerprint density at radius 2 is 1.77 bits per heavy atom. The molecule has 0 aliphatic rings. The van der Waals surface area contributed by atoms with Crippen molar-refractivity contribution in [1.29, 1.82) is 0 Å². The molecule has 0 saturated heterocycles. The number of rotatable bonds is 10. The van der Waals surface area contributed by atoms with E-state index in [1.165, 1.54) is 7.11 Å². The van der Waals surface area contributed by atoms with Crippen molar-refractivity contribution in [1.82, 2.24) is 10.3 Å². The number of aromatic nitrogens is 1. The van der Waals surface area contributed by atoms with Gasteiger partial charge in [-0.1, -0.05) is 80.4 Å². The average molecular weight is 473 g/mol. The van der Waals surface area contributed by atoms with Gasteiger partial charge in [0.2, 0.25) is 5.91 Å². The molecule has 1 amide bonds. The number of para-hydroxylation sites is 1. The topological polar surface area (TPSA) is 91.4 Å². The lowest BCUT2D eigenvalue weighted by molar-refractivity contribution is -0.145. The number of aliphatic hydroxyl groups excluding tert-OH is 1. The van der Waals surface area contributed by atoms with Gasteiger partial charge in [-0.15, -0.1) is 0 Å². The molecule has 1 aromatic heterocycles. The molecule has 182 valence electrons. The number of aliphatic hydroxyl groups is 1. The fourth-order valence-corrected chi connectivity index (χ4v) is 4.65. The molecule has 35 heavy (non-hydrogen) atoms. The van der Waals surface area contributed by atoms with Gasteiger partial charge >= 0.3 is 5.97 Å². The zero-order valence-electron chi connectivity index (χ0n) is 20.2. The average Bonchev–Trinajstić information content (AvgIpc) is 3.29. The number of methoxy groups -OCH3 is 1. The minimum atomic E-state index is -0.881. The molecule has 2 unspecified atom stereocenters. The van der Waals surface area contributed by atoms with Crippen molar-refractivity contribution in [2.45, 2.75) is 50.7 Å². The molecule has 0 fully saturated rings. The quantitative estimate of drug-likeness (QED) is 0.288. The molecule has 3 atom stereocenters. The first-order valence-electron chi connectivity index (χ1n) is 12.1. The summed E-state index contributed by atoms with van der Waals surface area (Å²) in [5.41, 5.74) is 2.59. The number of carbonyl (C=O) groups is 2. The maximum Gasteiger partial charge on any atom is 0.328 e. The van der Waals surface area contributed by atoms with Crippen LogP contribution in [0.3, 0.4) is 0 Å². The highest BCUT2D eigenvalue weighted by molar-refractivity contribution is 5.92. The van der Waals surface area contributed by atoms with E-state index >= 15 is 0 Å². The molecule has 3 N–H and O–H groups in total. The molecule has 4 rings (SSSR count). The normalized spacial score (nSPS) is 13.9. The largest absolute Gasteiger partial charge is 0.467 e. The van der Waals surface area contributed by atoms with Gasteiger partial charge in [0.15, 0.2) is 0 Å². The molecule has 4 aromatic rings. The van der Waals surface area contributed by atoms with Crippen LogP contribution in [0.1, 0.15) is 43.2 Å². The number of aromatic amines is 1. The van der Waals surface area contributed by atoms with Gasteiger partial charge in [-0.2, -0.15) is 0 Å². The number of nitrogens with one attached hydrogen (secondary N) is 2. The SMILES string of the molecule is CCCCC(O)C(C(=O)N[C@@H](Cc1c[nH]c2ccccc12)C(=O)OC)c1ccc2ccccc2c1. The van der Waals surface area contributed by atoms with E-state index in [-0.39, 0.29) is 12.3 Å². The second-order valence-corrected chi connectivity index (χ2v) is 8.94. The van der Waals surface area contributed by atoms with E-state index in [1.54, 1.807) is 0 Å². The molecular weight excluding hydrogens is 440 g/mol. The summed E-state index contributed by atoms with van der Waals surface area (Å²) in [4.78, 5) is 29.5. The zero-order valence-corrected chi connectivity index (χ0v) is 20.2. The second kappa shape index (κ2) is 11.2. The summed E-state index contributed by atoms with van der Waals surface area (Å²) in [6.45, 7) is 2.05. The van der Waals surface area contributed by atoms with Crippen LogP contribution in [0, 0.1) is 0 Å². The number of esters is 1. The van der Waals surface area contributed by atoms with Crippen molar-refractivity contribution in [3.8, 4) is 0 Å². The summed E-state index contributed by atoms with van der Waals surface area (Å²) in [5.74, 6) is -1.72. The van der Waals surface area contributed by atoms with E-state index in [1.807, 2.05) is 79.9 Å². The van der Waals surface area contributed by atoms with E-state index in [0.29, 0.717) is 6.42 Å². The number of H-pyrrole nitrogens is 1. The van der Waals surface area contributed by atoms with Crippen LogP contribution in [-0.4, -0.2) is 41.2 Å². The van der Waals surface area contributed by atoms with E-state index in [0.717, 1.165) is 45.6 Å². The lowest BCUT2D eigenvalue weighted by Crippen LogP contribution is -2.47. The Morgan fingerprint density at radius 3 is 2.54 bits per heavy atom. The number of hydrogen-bond acceptors (Lipinski definition) is 4. The van der Waals surface area contributed by atoms with Crippen LogP contribution in [-0.2, 0) is 20.7 Å². The Labute approximate surface area is 205 Å². The van der Waals surface area contributed by atoms with E-state index in [2.05, 4.69) is 10.3 Å². The van der Waals surface area contributed by atoms with Gasteiger partial charge in [0.1, 0.15) is 6.04 Å². The van der Waals surface area contributed by atoms with E-state index < -0.39 is 24.0 Å². The molecule has 6 heteroatoms. The van der Waals surface area contributed by atoms with Crippen molar-refractivity contribution in [3.05, 3.63) is 84.1 Å². The summed E-state index contributed by atoms with van der Waals surface area (Å²) in [6, 6.07) is 20.6. The van der Waals surface area contributed by atoms with E-state index in [9.17, 15) is 14.7 Å². The highest BCUT2D eigenvalue weighted by Gasteiger charge is 2.32. The fraction of sp³-hybridized carbons (Fsp3) is 0.310. The zero-order chi connectivity index (χ0) is 24.8. The molecule has 0 aliphatic heterocycles. The highest BCUT2D eigenvalue weighted by atomic mass is 16.5. The molecule has 0 aliphatic carbocycles. The first-order chi connectivity index (χ1) is 17.0. The maximum absolute atomic E-state index is 13.6. The van der Waals surface area contributed by atoms with Crippen LogP contribution in [0.4, 0.5) is 0 Å². The number of carbonyl (C=O) groups excluding carboxylic acids is 2. The Balaban J connectivity index is 1.63. The van der Waals surface area contributed by atoms with Crippen molar-refractivity contribution >= 4 is 33.6 Å². The standard InChI is InChI=1S/C29H32N2O4/c1-3-4-13-26(32)27(21-15-14-19-9-5-6-10-20(19)16-21)28(33)31-25(29(34)35-2)17-22-18-30-24-12-8-7-11-23(22)24/h5-12,14-16,18,25-27,30,32H,3-4,13,17H2,1-2H3,(H,31,33)/t25-,26?,27?/m0/s1. The lowest BCUT2D eigenvalue weighted by Gasteiger charge is -2.25. The molecule has 0 spiro atoms. The predicted molar refractivity (Wildman–Crippen MR) is 138 cm³/mol. The Kier molecular flexibility index (Phi) is 7.83. The minimum Gasteiger partial charge on any atom is -0.467 e. The molecule has 3 aromatic carbocycles. The number of benzene rings is 3. The maximum atomic E-state index is 13.6. The third-order valence-corrected chi connectivity index (χ3v) is 6.55. The van der Waals surface area contributed by atoms with Gasteiger partial charge in [0.05, 0.1) is 19.1 Å². The van der Waals surface area contributed by atoms with Crippen LogP contribution in [0.15, 0.2) is 72.9 Å². The molecular formula is C29H32N2O4. The summed E-state index contributed by atoms with van der Waals surface area (Å²) in [7, 11) is 1.31. The number of amides is 1. The van der Waals surface area contributed by atoms with Gasteiger partial charge < -0.3 is 20.1 Å². The van der Waals surface area contributed by atoms with Gasteiger partial charge in [-0.3, -0.25) is 4.79 Å². The molecule has 0 saturated carbocycles. The molecule has 1 heterocycles. The number of unbranched alkanes of at least 4 members (excludes halogenated alkanes) is 1. The minimum absolute atomic E-state index is 0.276. The summed E-state index contributed by atoms with van der Waals surface area (Å²) in [5, 5.41) is 17.0. The molecule has 6 nitrogen and oxygen atoms in total. The van der Waals surface area contributed by atoms with Crippen molar-refractivity contribution in [2.75, 3.05) is 7.11 Å². The first-order valence-corrected chi connectivity index (χ1v) is 12.1. The van der Waals surface area contributed by atoms with Crippen LogP contribution in [0.2, 0.25) is 0 Å². The molecule has 0 bridgehead atoms. The van der Waals surface area contributed by atoms with Gasteiger partial charge in [-0.05, 0) is 34.4 Å². The first kappa shape index (κ1) is 24.5. The van der Waals surface area contributed by atoms with Gasteiger partial charge in [-0.25, -0.2) is 4.79 Å². The predicted octanol–water partition coefficient (Wildman–Crippen LogP) is 4.86. The van der Waals surface area contributed by atoms with Crippen LogP contribution >= 0.6 is 0 Å². The van der Waals surface area contributed by atoms with Gasteiger partial charge in [0.25, 0.3) is 0 Å². The van der Waals surface area contributed by atoms with Crippen molar-refractivity contribution < 1.29 is 19.4 Å². The Morgan fingerprint density at radius 1 is 1.03 bits per heavy atom. The third kappa shape index (κ3) is 5.54. The Hall–Kier alpha value is -3.64. The summed E-state index contributed by atoms with van der Waals surface area (Å²) >= 11 is 0. The van der Waals surface area contributed by atoms with Gasteiger partial charge in [0, 0.05) is 23.5 Å². The lowest BCUT2D eigenvalue weighted by atomic mass is 9.88. The smallest absolute Gasteiger partial charge is 0.328 e. The fourth-order valence-electron chi connectivity index (χ4n) is 4.65. The van der Waals surface area contributed by atoms with Crippen LogP contribution < -0.4 is 5.32 Å². The van der Waals surface area contributed by atoms with Crippen molar-refractivity contribution in [3.63, 3.8) is 0 Å². The number of hydrogen-bond donors (Lipinski definition) is 3. The highest BCUT2D eigenvalue weighted by Crippen LogP contribution is 2.28. The summed E-state index contributed by atoms with van der Waals surface area (Å²) in [6.07, 6.45) is 3.46. The number of fused-ring (bicyclic) bond motifs is 2. The second-order valence-electron chi connectivity index (χ2n) is 8.94. The van der Waals surface area contributed by atoms with Crippen LogP contribution in [0.25, 0.3) is 21.7 Å². The van der Waals surface area contributed by atoms with Crippen LogP contribution in [0.5, 0.6) is 0 Å². The third-order valence-electron chi connectivity index (χ3n) is 6.55. The molecule has 0 radical (unpaired) electrons. The van der Waals surface area contributed by atoms with Crippen molar-refractivity contribution in [2.24, 2.45) is 0 Å². The monoisotopic (exact) mass is 472 g/mol. The Bertz CT molecular complexity index is 1310.